The fourth-order valence-electron chi connectivity index (χ4n) is 4.45. The zero-order valence-electron chi connectivity index (χ0n) is 18.3. The van der Waals surface area contributed by atoms with Gasteiger partial charge in [0.15, 0.2) is 11.6 Å². The average Bonchev–Trinajstić information content (AvgIpc) is 3.37. The molecule has 2 aromatic rings. The molecule has 4 rings (SSSR count). The van der Waals surface area contributed by atoms with Crippen LogP contribution < -0.4 is 19.9 Å². The Hall–Kier alpha value is -2.90. The first-order valence-electron chi connectivity index (χ1n) is 11.0. The van der Waals surface area contributed by atoms with Crippen LogP contribution in [0.3, 0.4) is 0 Å². The summed E-state index contributed by atoms with van der Waals surface area (Å²) in [7, 11) is 0. The Bertz CT molecular complexity index is 923. The molecule has 3 heterocycles. The van der Waals surface area contributed by atoms with E-state index in [1.807, 2.05) is 41.0 Å². The normalized spacial score (nSPS) is 21.9. The van der Waals surface area contributed by atoms with Gasteiger partial charge in [0, 0.05) is 32.5 Å². The Labute approximate surface area is 182 Å². The van der Waals surface area contributed by atoms with E-state index >= 15 is 4.39 Å². The van der Waals surface area contributed by atoms with E-state index in [2.05, 4.69) is 22.2 Å². The highest BCUT2D eigenvalue weighted by atomic mass is 19.1. The van der Waals surface area contributed by atoms with Crippen molar-refractivity contribution in [2.24, 2.45) is 0 Å². The summed E-state index contributed by atoms with van der Waals surface area (Å²) in [4.78, 5) is 23.7. The number of anilines is 2. The molecule has 2 saturated heterocycles. The SMILES string of the molecule is CC(=O)N[C@@H](C)c1ccc(O[C@@H]2CCN(c3ncnc(N4CCC[C@H]4C)c3F)C2)cc1. The summed E-state index contributed by atoms with van der Waals surface area (Å²) in [6.07, 6.45) is 4.33. The third-order valence-corrected chi connectivity index (χ3v) is 6.12. The minimum Gasteiger partial charge on any atom is -0.489 e. The Morgan fingerprint density at radius 1 is 1.19 bits per heavy atom. The molecule has 2 aliphatic heterocycles. The van der Waals surface area contributed by atoms with Crippen molar-refractivity contribution >= 4 is 17.5 Å². The molecule has 0 spiro atoms. The lowest BCUT2D eigenvalue weighted by Gasteiger charge is -2.25. The number of ether oxygens (including phenoxy) is 1. The van der Waals surface area contributed by atoms with Gasteiger partial charge < -0.3 is 19.9 Å². The second-order valence-electron chi connectivity index (χ2n) is 8.49. The number of hydrogen-bond acceptors (Lipinski definition) is 6. The number of benzene rings is 1. The summed E-state index contributed by atoms with van der Waals surface area (Å²) < 4.78 is 21.4. The van der Waals surface area contributed by atoms with Gasteiger partial charge in [-0.3, -0.25) is 4.79 Å². The number of aromatic nitrogens is 2. The van der Waals surface area contributed by atoms with E-state index in [1.165, 1.54) is 13.3 Å². The standard InChI is InChI=1S/C23H30FN5O2/c1-15-5-4-11-29(15)23-21(24)22(25-14-26-23)28-12-10-20(13-28)31-19-8-6-18(7-9-19)16(2)27-17(3)30/h6-9,14-16,20H,4-5,10-13H2,1-3H3,(H,27,30)/t15-,16+,20-/m1/s1. The molecule has 166 valence electrons. The van der Waals surface area contributed by atoms with Gasteiger partial charge in [-0.15, -0.1) is 0 Å². The van der Waals surface area contributed by atoms with Crippen LogP contribution in [0.15, 0.2) is 30.6 Å². The number of hydrogen-bond donors (Lipinski definition) is 1. The third-order valence-electron chi connectivity index (χ3n) is 6.12. The summed E-state index contributed by atoms with van der Waals surface area (Å²) in [5.74, 6) is 1.13. The molecule has 0 aliphatic carbocycles. The Kier molecular flexibility index (Phi) is 6.25. The van der Waals surface area contributed by atoms with Crippen molar-refractivity contribution in [3.8, 4) is 5.75 Å². The molecular weight excluding hydrogens is 397 g/mol. The molecule has 3 atom stereocenters. The first-order valence-corrected chi connectivity index (χ1v) is 11.0. The van der Waals surface area contributed by atoms with E-state index in [1.54, 1.807) is 0 Å². The van der Waals surface area contributed by atoms with Crippen LogP contribution in [0.1, 0.15) is 51.6 Å². The van der Waals surface area contributed by atoms with Crippen LogP contribution >= 0.6 is 0 Å². The van der Waals surface area contributed by atoms with Gasteiger partial charge in [-0.05, 0) is 44.4 Å². The van der Waals surface area contributed by atoms with Gasteiger partial charge in [-0.1, -0.05) is 12.1 Å². The van der Waals surface area contributed by atoms with E-state index in [9.17, 15) is 4.79 Å². The summed E-state index contributed by atoms with van der Waals surface area (Å²) in [6.45, 7) is 7.65. The molecule has 1 aromatic carbocycles. The fourth-order valence-corrected chi connectivity index (χ4v) is 4.45. The van der Waals surface area contributed by atoms with E-state index in [-0.39, 0.29) is 23.9 Å². The maximum absolute atomic E-state index is 15.2. The van der Waals surface area contributed by atoms with Crippen molar-refractivity contribution in [1.82, 2.24) is 15.3 Å². The van der Waals surface area contributed by atoms with Crippen molar-refractivity contribution in [2.75, 3.05) is 29.4 Å². The van der Waals surface area contributed by atoms with Crippen LogP contribution in [0.25, 0.3) is 0 Å². The van der Waals surface area contributed by atoms with Crippen molar-refractivity contribution < 1.29 is 13.9 Å². The molecule has 31 heavy (non-hydrogen) atoms. The molecule has 1 amide bonds. The Morgan fingerprint density at radius 3 is 2.61 bits per heavy atom. The lowest BCUT2D eigenvalue weighted by molar-refractivity contribution is -0.119. The Morgan fingerprint density at radius 2 is 1.94 bits per heavy atom. The van der Waals surface area contributed by atoms with Crippen LogP contribution in [0, 0.1) is 5.82 Å². The van der Waals surface area contributed by atoms with Gasteiger partial charge in [-0.2, -0.15) is 4.39 Å². The van der Waals surface area contributed by atoms with Gasteiger partial charge in [0.1, 0.15) is 18.2 Å². The zero-order valence-corrected chi connectivity index (χ0v) is 18.3. The molecule has 7 nitrogen and oxygen atoms in total. The fraction of sp³-hybridized carbons (Fsp3) is 0.522. The number of nitrogens with zero attached hydrogens (tertiary/aromatic N) is 4. The summed E-state index contributed by atoms with van der Waals surface area (Å²) in [5, 5.41) is 2.87. The van der Waals surface area contributed by atoms with Crippen LogP contribution in [-0.4, -0.2) is 47.7 Å². The predicted octanol–water partition coefficient (Wildman–Crippen LogP) is 3.46. The molecular formula is C23H30FN5O2. The first kappa shape index (κ1) is 21.3. The largest absolute Gasteiger partial charge is 0.489 e. The number of rotatable bonds is 6. The van der Waals surface area contributed by atoms with Crippen LogP contribution in [0.2, 0.25) is 0 Å². The van der Waals surface area contributed by atoms with Gasteiger partial charge in [0.25, 0.3) is 0 Å². The van der Waals surface area contributed by atoms with Gasteiger partial charge in [0.2, 0.25) is 11.7 Å². The number of carbonyl (C=O) groups is 1. The lowest BCUT2D eigenvalue weighted by atomic mass is 10.1. The monoisotopic (exact) mass is 427 g/mol. The highest BCUT2D eigenvalue weighted by Crippen LogP contribution is 2.31. The summed E-state index contributed by atoms with van der Waals surface area (Å²) in [5.41, 5.74) is 1.02. The zero-order chi connectivity index (χ0) is 22.0. The van der Waals surface area contributed by atoms with Crippen LogP contribution in [-0.2, 0) is 4.79 Å². The molecule has 0 bridgehead atoms. The minimum absolute atomic E-state index is 0.0397. The van der Waals surface area contributed by atoms with Crippen molar-refractivity contribution in [1.29, 1.82) is 0 Å². The molecule has 0 saturated carbocycles. The highest BCUT2D eigenvalue weighted by Gasteiger charge is 2.31. The van der Waals surface area contributed by atoms with E-state index < -0.39 is 0 Å². The predicted molar refractivity (Wildman–Crippen MR) is 118 cm³/mol. The van der Waals surface area contributed by atoms with Gasteiger partial charge in [0.05, 0.1) is 12.6 Å². The highest BCUT2D eigenvalue weighted by molar-refractivity contribution is 5.73. The first-order chi connectivity index (χ1) is 14.9. The Balaban J connectivity index is 1.39. The quantitative estimate of drug-likeness (QED) is 0.761. The van der Waals surface area contributed by atoms with Crippen LogP contribution in [0.5, 0.6) is 5.75 Å². The number of nitrogens with one attached hydrogen (secondary N) is 1. The molecule has 1 aromatic heterocycles. The maximum atomic E-state index is 15.2. The molecule has 0 unspecified atom stereocenters. The second kappa shape index (κ2) is 9.08. The third kappa shape index (κ3) is 4.73. The number of amides is 1. The maximum Gasteiger partial charge on any atom is 0.217 e. The molecule has 1 N–H and O–H groups in total. The summed E-state index contributed by atoms with van der Waals surface area (Å²) >= 11 is 0. The summed E-state index contributed by atoms with van der Waals surface area (Å²) in [6, 6.07) is 7.97. The van der Waals surface area contributed by atoms with E-state index in [0.29, 0.717) is 30.8 Å². The second-order valence-corrected chi connectivity index (χ2v) is 8.49. The number of carbonyl (C=O) groups excluding carboxylic acids is 1. The topological polar surface area (TPSA) is 70.6 Å². The molecule has 2 fully saturated rings. The van der Waals surface area contributed by atoms with E-state index in [4.69, 9.17) is 4.74 Å². The smallest absolute Gasteiger partial charge is 0.217 e. The van der Waals surface area contributed by atoms with Crippen molar-refractivity contribution in [2.45, 2.75) is 58.2 Å². The van der Waals surface area contributed by atoms with Gasteiger partial charge in [-0.25, -0.2) is 9.97 Å². The van der Waals surface area contributed by atoms with Crippen LogP contribution in [0.4, 0.5) is 16.0 Å². The minimum atomic E-state index is -0.340. The molecule has 8 heteroatoms. The molecule has 2 aliphatic rings. The van der Waals surface area contributed by atoms with Gasteiger partial charge >= 0.3 is 0 Å². The molecule has 0 radical (unpaired) electrons. The van der Waals surface area contributed by atoms with Crippen molar-refractivity contribution in [3.63, 3.8) is 0 Å². The van der Waals surface area contributed by atoms with E-state index in [0.717, 1.165) is 37.1 Å². The number of halogens is 1. The van der Waals surface area contributed by atoms with Crippen molar-refractivity contribution in [3.05, 3.63) is 42.0 Å². The lowest BCUT2D eigenvalue weighted by Crippen LogP contribution is -2.30. The average molecular weight is 428 g/mol.